The molecule has 0 bridgehead atoms. The molecule has 0 amide bonds. The number of carbonyl (C=O) groups is 1. The molecular weight excluding hydrogens is 460 g/mol. The molecule has 4 aliphatic carbocycles. The number of aliphatic hydroxyl groups is 1. The van der Waals surface area contributed by atoms with Gasteiger partial charge in [0, 0.05) is 0 Å². The van der Waals surface area contributed by atoms with Gasteiger partial charge < -0.3 is 14.6 Å². The smallest absolute Gasteiger partial charge is 0.335 e. The Morgan fingerprint density at radius 2 is 1.68 bits per heavy atom. The van der Waals surface area contributed by atoms with Crippen molar-refractivity contribution in [3.8, 4) is 0 Å². The van der Waals surface area contributed by atoms with Crippen LogP contribution in [0.4, 0.5) is 0 Å². The lowest BCUT2D eigenvalue weighted by atomic mass is 9.44. The third-order valence-electron chi connectivity index (χ3n) is 12.0. The van der Waals surface area contributed by atoms with E-state index >= 15 is 0 Å². The maximum Gasteiger partial charge on any atom is 0.335 e. The van der Waals surface area contributed by atoms with E-state index < -0.39 is 5.97 Å². The highest BCUT2D eigenvalue weighted by molar-refractivity contribution is 5.87. The van der Waals surface area contributed by atoms with Crippen LogP contribution in [0.25, 0.3) is 0 Å². The molecule has 0 spiro atoms. The fourth-order valence-electron chi connectivity index (χ4n) is 9.91. The Morgan fingerprint density at radius 1 is 0.946 bits per heavy atom. The molecule has 0 aliphatic heterocycles. The van der Waals surface area contributed by atoms with Crippen LogP contribution in [-0.2, 0) is 14.3 Å². The summed E-state index contributed by atoms with van der Waals surface area (Å²) in [6, 6.07) is 0. The average molecular weight is 517 g/mol. The van der Waals surface area contributed by atoms with Gasteiger partial charge in [-0.15, -0.1) is 0 Å². The Labute approximate surface area is 227 Å². The lowest BCUT2D eigenvalue weighted by Gasteiger charge is -2.61. The van der Waals surface area contributed by atoms with E-state index in [9.17, 15) is 4.79 Å². The second-order valence-electron chi connectivity index (χ2n) is 14.4. The molecule has 4 fully saturated rings. The molecule has 212 valence electrons. The standard InChI is InChI=1S/C33H56O4/c1-22(2)8-7-9-23(3)28-12-13-29-27-11-10-25-20-26(36-18-19-37-31(35)24(4)21-34)14-16-32(25,5)30(27)15-17-33(28,29)6/h22-23,25-30,34H,4,7-21H2,1-3,5-6H3/t23-,25+,26+,27+,28-,29+,30+,32+,33-/m1/s1. The molecule has 4 rings (SSSR count). The first kappa shape index (κ1) is 29.1. The third kappa shape index (κ3) is 6.01. The van der Waals surface area contributed by atoms with Gasteiger partial charge >= 0.3 is 5.97 Å². The van der Waals surface area contributed by atoms with Crippen molar-refractivity contribution < 1.29 is 19.4 Å². The Balaban J connectivity index is 1.30. The van der Waals surface area contributed by atoms with Crippen molar-refractivity contribution in [1.29, 1.82) is 0 Å². The average Bonchev–Trinajstić information content (AvgIpc) is 3.23. The third-order valence-corrected chi connectivity index (χ3v) is 12.0. The van der Waals surface area contributed by atoms with Crippen LogP contribution < -0.4 is 0 Å². The van der Waals surface area contributed by atoms with Crippen LogP contribution in [-0.4, -0.2) is 37.0 Å². The van der Waals surface area contributed by atoms with Gasteiger partial charge in [-0.1, -0.05) is 60.5 Å². The Kier molecular flexibility index (Phi) is 9.53. The topological polar surface area (TPSA) is 55.8 Å². The Morgan fingerprint density at radius 3 is 2.41 bits per heavy atom. The van der Waals surface area contributed by atoms with Gasteiger partial charge in [-0.2, -0.15) is 0 Å². The number of hydrogen-bond acceptors (Lipinski definition) is 4. The minimum absolute atomic E-state index is 0.0999. The first-order valence-electron chi connectivity index (χ1n) is 15.7. The second-order valence-corrected chi connectivity index (χ2v) is 14.4. The molecule has 4 nitrogen and oxygen atoms in total. The highest BCUT2D eigenvalue weighted by Crippen LogP contribution is 2.68. The van der Waals surface area contributed by atoms with Crippen molar-refractivity contribution in [2.24, 2.45) is 52.3 Å². The van der Waals surface area contributed by atoms with Crippen LogP contribution in [0.5, 0.6) is 0 Å². The SMILES string of the molecule is C=C(CO)C(=O)OCCO[C@H]1CC[C@@]2(C)[C@@H](CC[C@@H]3[C@@H]2CC[C@]2(C)[C@@H]([C@H](C)CCCC(C)C)CC[C@@H]32)C1. The van der Waals surface area contributed by atoms with E-state index in [0.717, 1.165) is 54.3 Å². The van der Waals surface area contributed by atoms with Gasteiger partial charge in [-0.3, -0.25) is 0 Å². The minimum Gasteiger partial charge on any atom is -0.460 e. The summed E-state index contributed by atoms with van der Waals surface area (Å²) in [4.78, 5) is 11.7. The van der Waals surface area contributed by atoms with Gasteiger partial charge in [0.25, 0.3) is 0 Å². The van der Waals surface area contributed by atoms with E-state index in [1.165, 1.54) is 64.2 Å². The van der Waals surface area contributed by atoms with E-state index in [1.54, 1.807) is 0 Å². The van der Waals surface area contributed by atoms with Gasteiger partial charge in [-0.25, -0.2) is 4.79 Å². The summed E-state index contributed by atoms with van der Waals surface area (Å²) in [5.41, 5.74) is 1.14. The van der Waals surface area contributed by atoms with Crippen LogP contribution in [0.3, 0.4) is 0 Å². The zero-order valence-corrected chi connectivity index (χ0v) is 24.6. The number of hydrogen-bond donors (Lipinski definition) is 1. The van der Waals surface area contributed by atoms with E-state index in [2.05, 4.69) is 41.2 Å². The van der Waals surface area contributed by atoms with Crippen molar-refractivity contribution in [2.45, 2.75) is 118 Å². The van der Waals surface area contributed by atoms with Gasteiger partial charge in [0.05, 0.1) is 24.9 Å². The summed E-state index contributed by atoms with van der Waals surface area (Å²) in [5.74, 6) is 5.66. The number of aliphatic hydroxyl groups excluding tert-OH is 1. The molecule has 1 N–H and O–H groups in total. The van der Waals surface area contributed by atoms with Crippen molar-refractivity contribution in [3.63, 3.8) is 0 Å². The van der Waals surface area contributed by atoms with Gasteiger partial charge in [0.1, 0.15) is 6.61 Å². The zero-order valence-electron chi connectivity index (χ0n) is 24.6. The van der Waals surface area contributed by atoms with E-state index in [0.29, 0.717) is 17.4 Å². The monoisotopic (exact) mass is 516 g/mol. The molecule has 0 heterocycles. The number of fused-ring (bicyclic) bond motifs is 5. The molecule has 0 aromatic carbocycles. The number of esters is 1. The predicted molar refractivity (Wildman–Crippen MR) is 150 cm³/mol. The summed E-state index contributed by atoms with van der Waals surface area (Å²) >= 11 is 0. The first-order valence-corrected chi connectivity index (χ1v) is 15.7. The molecule has 4 saturated carbocycles. The highest BCUT2D eigenvalue weighted by Gasteiger charge is 2.60. The Hall–Kier alpha value is -0.870. The van der Waals surface area contributed by atoms with Gasteiger partial charge in [0.2, 0.25) is 0 Å². The van der Waals surface area contributed by atoms with E-state index in [-0.39, 0.29) is 24.9 Å². The molecule has 0 unspecified atom stereocenters. The first-order chi connectivity index (χ1) is 17.6. The van der Waals surface area contributed by atoms with Crippen LogP contribution >= 0.6 is 0 Å². The summed E-state index contributed by atoms with van der Waals surface area (Å²) < 4.78 is 11.3. The van der Waals surface area contributed by atoms with E-state index in [4.69, 9.17) is 14.6 Å². The van der Waals surface area contributed by atoms with Gasteiger partial charge in [-0.05, 0) is 110 Å². The fraction of sp³-hybridized carbons (Fsp3) is 0.909. The van der Waals surface area contributed by atoms with Crippen molar-refractivity contribution >= 4 is 5.97 Å². The van der Waals surface area contributed by atoms with Crippen LogP contribution in [0, 0.1) is 52.3 Å². The molecule has 37 heavy (non-hydrogen) atoms. The summed E-state index contributed by atoms with van der Waals surface area (Å²) in [6.45, 7) is 16.5. The lowest BCUT2D eigenvalue weighted by molar-refractivity contribution is -0.147. The molecule has 4 heteroatoms. The number of ether oxygens (including phenoxy) is 2. The van der Waals surface area contributed by atoms with Gasteiger partial charge in [0.15, 0.2) is 0 Å². The Bertz CT molecular complexity index is 791. The molecule has 0 aromatic heterocycles. The summed E-state index contributed by atoms with van der Waals surface area (Å²) in [6.07, 6.45) is 16.7. The molecule has 0 radical (unpaired) electrons. The summed E-state index contributed by atoms with van der Waals surface area (Å²) in [5, 5.41) is 9.00. The normalized spacial score (nSPS) is 40.0. The number of rotatable bonds is 11. The predicted octanol–water partition coefficient (Wildman–Crippen LogP) is 7.58. The van der Waals surface area contributed by atoms with Crippen molar-refractivity contribution in [3.05, 3.63) is 12.2 Å². The molecule has 0 saturated heterocycles. The number of carbonyl (C=O) groups excluding carboxylic acids is 1. The lowest BCUT2D eigenvalue weighted by Crippen LogP contribution is -2.54. The minimum atomic E-state index is -0.524. The summed E-state index contributed by atoms with van der Waals surface area (Å²) in [7, 11) is 0. The highest BCUT2D eigenvalue weighted by atomic mass is 16.6. The van der Waals surface area contributed by atoms with Crippen LogP contribution in [0.1, 0.15) is 112 Å². The maximum atomic E-state index is 11.7. The molecule has 9 atom stereocenters. The fourth-order valence-corrected chi connectivity index (χ4v) is 9.91. The van der Waals surface area contributed by atoms with Crippen molar-refractivity contribution in [2.75, 3.05) is 19.8 Å². The molecular formula is C33H56O4. The zero-order chi connectivity index (χ0) is 26.8. The molecule has 4 aliphatic rings. The van der Waals surface area contributed by atoms with E-state index in [1.807, 2.05) is 0 Å². The quantitative estimate of drug-likeness (QED) is 0.175. The second kappa shape index (κ2) is 12.1. The van der Waals surface area contributed by atoms with Crippen molar-refractivity contribution in [1.82, 2.24) is 0 Å². The largest absolute Gasteiger partial charge is 0.460 e. The maximum absolute atomic E-state index is 11.7. The van der Waals surface area contributed by atoms with Crippen LogP contribution in [0.15, 0.2) is 12.2 Å². The molecule has 0 aromatic rings. The van der Waals surface area contributed by atoms with Crippen LogP contribution in [0.2, 0.25) is 0 Å².